The number of hydrogen-bond donors (Lipinski definition) is 1. The number of rotatable bonds is 2. The van der Waals surface area contributed by atoms with Crippen LogP contribution in [0.25, 0.3) is 10.9 Å². The van der Waals surface area contributed by atoms with Gasteiger partial charge in [0.1, 0.15) is 5.69 Å². The van der Waals surface area contributed by atoms with Crippen molar-refractivity contribution in [2.75, 3.05) is 0 Å². The lowest BCUT2D eigenvalue weighted by Crippen LogP contribution is -1.86. The van der Waals surface area contributed by atoms with E-state index in [0.29, 0.717) is 17.2 Å². The first-order valence-electron chi connectivity index (χ1n) is 3.80. The van der Waals surface area contributed by atoms with Crippen molar-refractivity contribution in [1.82, 2.24) is 10.2 Å². The SMILES string of the molecule is O=Cc1n[nH]c2cc([N+](=O)[O-])ccc12. The Kier molecular flexibility index (Phi) is 1.74. The van der Waals surface area contributed by atoms with Crippen molar-refractivity contribution in [3.05, 3.63) is 34.0 Å². The van der Waals surface area contributed by atoms with Crippen molar-refractivity contribution in [3.63, 3.8) is 0 Å². The van der Waals surface area contributed by atoms with Crippen LogP contribution >= 0.6 is 0 Å². The van der Waals surface area contributed by atoms with E-state index in [0.717, 1.165) is 0 Å². The summed E-state index contributed by atoms with van der Waals surface area (Å²) >= 11 is 0. The number of fused-ring (bicyclic) bond motifs is 1. The number of nitrogens with zero attached hydrogens (tertiary/aromatic N) is 2. The molecule has 0 amide bonds. The number of carbonyl (C=O) groups excluding carboxylic acids is 1. The molecule has 1 aromatic heterocycles. The van der Waals surface area contributed by atoms with E-state index in [1.807, 2.05) is 0 Å². The zero-order chi connectivity index (χ0) is 10.1. The highest BCUT2D eigenvalue weighted by molar-refractivity contribution is 5.95. The van der Waals surface area contributed by atoms with Crippen LogP contribution in [-0.2, 0) is 0 Å². The molecule has 0 saturated heterocycles. The third-order valence-corrected chi connectivity index (χ3v) is 1.90. The molecule has 0 spiro atoms. The Labute approximate surface area is 77.7 Å². The second kappa shape index (κ2) is 2.91. The van der Waals surface area contributed by atoms with Gasteiger partial charge in [0, 0.05) is 17.5 Å². The number of benzene rings is 1. The van der Waals surface area contributed by atoms with Crippen LogP contribution in [0.5, 0.6) is 0 Å². The first kappa shape index (κ1) is 8.36. The van der Waals surface area contributed by atoms with Gasteiger partial charge in [-0.25, -0.2) is 0 Å². The number of H-pyrrole nitrogens is 1. The molecule has 0 fully saturated rings. The Bertz CT molecular complexity index is 518. The van der Waals surface area contributed by atoms with Gasteiger partial charge in [-0.05, 0) is 6.07 Å². The number of aromatic amines is 1. The summed E-state index contributed by atoms with van der Waals surface area (Å²) in [4.78, 5) is 20.4. The highest BCUT2D eigenvalue weighted by Gasteiger charge is 2.10. The molecule has 1 N–H and O–H groups in total. The second-order valence-electron chi connectivity index (χ2n) is 2.71. The highest BCUT2D eigenvalue weighted by Crippen LogP contribution is 2.20. The van der Waals surface area contributed by atoms with Crippen molar-refractivity contribution in [3.8, 4) is 0 Å². The largest absolute Gasteiger partial charge is 0.296 e. The van der Waals surface area contributed by atoms with Gasteiger partial charge in [-0.1, -0.05) is 0 Å². The fourth-order valence-corrected chi connectivity index (χ4v) is 1.23. The molecule has 0 bridgehead atoms. The lowest BCUT2D eigenvalue weighted by Gasteiger charge is -1.90. The normalized spacial score (nSPS) is 10.3. The van der Waals surface area contributed by atoms with E-state index in [9.17, 15) is 14.9 Å². The predicted molar refractivity (Wildman–Crippen MR) is 48.1 cm³/mol. The smallest absolute Gasteiger partial charge is 0.271 e. The Morgan fingerprint density at radius 2 is 2.29 bits per heavy atom. The lowest BCUT2D eigenvalue weighted by molar-refractivity contribution is -0.384. The zero-order valence-corrected chi connectivity index (χ0v) is 6.93. The summed E-state index contributed by atoms with van der Waals surface area (Å²) in [5, 5.41) is 17.3. The molecule has 0 unspecified atom stereocenters. The summed E-state index contributed by atoms with van der Waals surface area (Å²) in [5.41, 5.74) is 0.717. The van der Waals surface area contributed by atoms with E-state index in [1.54, 1.807) is 0 Å². The molecule has 70 valence electrons. The van der Waals surface area contributed by atoms with E-state index in [1.165, 1.54) is 18.2 Å². The molecule has 0 aliphatic carbocycles. The number of nitro benzene ring substituents is 1. The van der Waals surface area contributed by atoms with Crippen LogP contribution in [0.3, 0.4) is 0 Å². The van der Waals surface area contributed by atoms with Gasteiger partial charge in [0.15, 0.2) is 6.29 Å². The van der Waals surface area contributed by atoms with Crippen LogP contribution < -0.4 is 0 Å². The Hall–Kier alpha value is -2.24. The van der Waals surface area contributed by atoms with E-state index < -0.39 is 4.92 Å². The van der Waals surface area contributed by atoms with Crippen molar-refractivity contribution < 1.29 is 9.72 Å². The summed E-state index contributed by atoms with van der Waals surface area (Å²) in [6.07, 6.45) is 0.602. The molecule has 6 heteroatoms. The first-order chi connectivity index (χ1) is 6.72. The first-order valence-corrected chi connectivity index (χ1v) is 3.80. The minimum atomic E-state index is -0.499. The molecule has 14 heavy (non-hydrogen) atoms. The van der Waals surface area contributed by atoms with E-state index in [-0.39, 0.29) is 11.4 Å². The summed E-state index contributed by atoms with van der Waals surface area (Å²) in [6.45, 7) is 0. The Morgan fingerprint density at radius 3 is 2.93 bits per heavy atom. The monoisotopic (exact) mass is 191 g/mol. The molecule has 6 nitrogen and oxygen atoms in total. The second-order valence-corrected chi connectivity index (χ2v) is 2.71. The number of non-ortho nitro benzene ring substituents is 1. The third-order valence-electron chi connectivity index (χ3n) is 1.90. The maximum Gasteiger partial charge on any atom is 0.271 e. The fraction of sp³-hybridized carbons (Fsp3) is 0. The van der Waals surface area contributed by atoms with Gasteiger partial charge in [-0.15, -0.1) is 0 Å². The maximum absolute atomic E-state index is 10.5. The van der Waals surface area contributed by atoms with Crippen molar-refractivity contribution in [2.24, 2.45) is 0 Å². The quantitative estimate of drug-likeness (QED) is 0.440. The number of carbonyl (C=O) groups is 1. The average Bonchev–Trinajstić information content (AvgIpc) is 2.59. The molecule has 2 rings (SSSR count). The topological polar surface area (TPSA) is 88.9 Å². The molecule has 2 aromatic rings. The molecular formula is C8H5N3O3. The molecule has 0 radical (unpaired) electrons. The van der Waals surface area contributed by atoms with Gasteiger partial charge >= 0.3 is 0 Å². The van der Waals surface area contributed by atoms with Crippen molar-refractivity contribution >= 4 is 22.9 Å². The van der Waals surface area contributed by atoms with Crippen molar-refractivity contribution in [2.45, 2.75) is 0 Å². The van der Waals surface area contributed by atoms with Crippen molar-refractivity contribution in [1.29, 1.82) is 0 Å². The number of aromatic nitrogens is 2. The van der Waals surface area contributed by atoms with Crippen LogP contribution in [0.1, 0.15) is 10.5 Å². The molecule has 1 aromatic carbocycles. The number of nitro groups is 1. The standard InChI is InChI=1S/C8H5N3O3/c12-4-8-6-2-1-5(11(13)14)3-7(6)9-10-8/h1-4H,(H,9,10). The Morgan fingerprint density at radius 1 is 1.50 bits per heavy atom. The van der Waals surface area contributed by atoms with Gasteiger partial charge in [0.2, 0.25) is 0 Å². The van der Waals surface area contributed by atoms with Gasteiger partial charge in [-0.3, -0.25) is 20.0 Å². The summed E-state index contributed by atoms with van der Waals surface area (Å²) in [5.74, 6) is 0. The molecule has 1 heterocycles. The number of hydrogen-bond acceptors (Lipinski definition) is 4. The minimum Gasteiger partial charge on any atom is -0.296 e. The highest BCUT2D eigenvalue weighted by atomic mass is 16.6. The minimum absolute atomic E-state index is 0.0291. The van der Waals surface area contributed by atoms with E-state index in [4.69, 9.17) is 0 Å². The van der Waals surface area contributed by atoms with E-state index >= 15 is 0 Å². The third kappa shape index (κ3) is 1.13. The summed E-state index contributed by atoms with van der Waals surface area (Å²) < 4.78 is 0. The molecule has 0 aliphatic heterocycles. The number of nitrogens with one attached hydrogen (secondary N) is 1. The average molecular weight is 191 g/mol. The lowest BCUT2D eigenvalue weighted by atomic mass is 10.2. The van der Waals surface area contributed by atoms with Crippen LogP contribution in [0.15, 0.2) is 18.2 Å². The van der Waals surface area contributed by atoms with Crippen LogP contribution in [-0.4, -0.2) is 21.4 Å². The number of aldehydes is 1. The van der Waals surface area contributed by atoms with Gasteiger partial charge in [-0.2, -0.15) is 5.10 Å². The molecule has 0 saturated carbocycles. The van der Waals surface area contributed by atoms with Crippen LogP contribution in [0.2, 0.25) is 0 Å². The zero-order valence-electron chi connectivity index (χ0n) is 6.93. The van der Waals surface area contributed by atoms with Gasteiger partial charge < -0.3 is 0 Å². The maximum atomic E-state index is 10.5. The van der Waals surface area contributed by atoms with Gasteiger partial charge in [0.05, 0.1) is 10.4 Å². The Balaban J connectivity index is 2.68. The molecular weight excluding hydrogens is 186 g/mol. The van der Waals surface area contributed by atoms with Crippen LogP contribution in [0, 0.1) is 10.1 Å². The predicted octanol–water partition coefficient (Wildman–Crippen LogP) is 1.28. The van der Waals surface area contributed by atoms with E-state index in [2.05, 4.69) is 10.2 Å². The molecule has 0 aliphatic rings. The molecule has 0 atom stereocenters. The summed E-state index contributed by atoms with van der Waals surface area (Å²) in [7, 11) is 0. The summed E-state index contributed by atoms with van der Waals surface area (Å²) in [6, 6.07) is 4.18. The fourth-order valence-electron chi connectivity index (χ4n) is 1.23. The van der Waals surface area contributed by atoms with Crippen LogP contribution in [0.4, 0.5) is 5.69 Å². The van der Waals surface area contributed by atoms with Gasteiger partial charge in [0.25, 0.3) is 5.69 Å².